The minimum absolute atomic E-state index is 0.196. The largest absolute Gasteiger partial charge is 0.354 e. The summed E-state index contributed by atoms with van der Waals surface area (Å²) in [6.07, 6.45) is 1.23. The first kappa shape index (κ1) is 19.4. The van der Waals surface area contributed by atoms with E-state index in [0.717, 1.165) is 43.1 Å². The van der Waals surface area contributed by atoms with Crippen LogP contribution in [0.25, 0.3) is 0 Å². The molecule has 7 heteroatoms. The Labute approximate surface area is 165 Å². The van der Waals surface area contributed by atoms with Crippen LogP contribution in [-0.4, -0.2) is 53.5 Å². The maximum absolute atomic E-state index is 12.5. The summed E-state index contributed by atoms with van der Waals surface area (Å²) in [5.74, 6) is 1.78. The number of aryl methyl sites for hydroxylation is 2. The molecule has 0 radical (unpaired) electrons. The molecule has 0 saturated carbocycles. The maximum Gasteiger partial charge on any atom is 0.224 e. The second-order valence-electron chi connectivity index (χ2n) is 6.72. The van der Waals surface area contributed by atoms with Crippen molar-refractivity contribution in [3.05, 3.63) is 46.6 Å². The summed E-state index contributed by atoms with van der Waals surface area (Å²) in [5.41, 5.74) is 2.04. The third-order valence-electron chi connectivity index (χ3n) is 4.65. The Kier molecular flexibility index (Phi) is 6.50. The molecule has 1 aliphatic rings. The van der Waals surface area contributed by atoms with Gasteiger partial charge in [-0.05, 0) is 38.0 Å². The molecule has 0 spiro atoms. The molecular formula is C20H26ClN5O. The van der Waals surface area contributed by atoms with Gasteiger partial charge in [-0.25, -0.2) is 4.98 Å². The number of carbonyl (C=O) groups is 1. The van der Waals surface area contributed by atoms with E-state index in [9.17, 15) is 4.79 Å². The Morgan fingerprint density at radius 2 is 1.96 bits per heavy atom. The third-order valence-corrected chi connectivity index (χ3v) is 4.88. The van der Waals surface area contributed by atoms with Gasteiger partial charge in [0.2, 0.25) is 11.9 Å². The zero-order valence-corrected chi connectivity index (χ0v) is 16.7. The lowest BCUT2D eigenvalue weighted by Gasteiger charge is -2.35. The second kappa shape index (κ2) is 9.04. The fourth-order valence-electron chi connectivity index (χ4n) is 3.24. The van der Waals surface area contributed by atoms with Gasteiger partial charge in [0, 0.05) is 55.9 Å². The number of hydrogen-bond donors (Lipinski definition) is 1. The quantitative estimate of drug-likeness (QED) is 0.825. The molecule has 6 nitrogen and oxygen atoms in total. The van der Waals surface area contributed by atoms with E-state index in [1.807, 2.05) is 49.1 Å². The normalized spacial score (nSPS) is 14.3. The highest BCUT2D eigenvalue weighted by molar-refractivity contribution is 6.30. The number of halogens is 1. The van der Waals surface area contributed by atoms with Crippen molar-refractivity contribution in [1.29, 1.82) is 0 Å². The van der Waals surface area contributed by atoms with Crippen molar-refractivity contribution >= 4 is 29.3 Å². The lowest BCUT2D eigenvalue weighted by Crippen LogP contribution is -2.49. The number of piperazine rings is 1. The number of rotatable bonds is 6. The van der Waals surface area contributed by atoms with Crippen molar-refractivity contribution in [2.75, 3.05) is 42.9 Å². The van der Waals surface area contributed by atoms with Crippen molar-refractivity contribution in [3.8, 4) is 0 Å². The number of anilines is 2. The van der Waals surface area contributed by atoms with Crippen molar-refractivity contribution < 1.29 is 4.79 Å². The number of nitrogens with zero attached hydrogens (tertiary/aromatic N) is 4. The van der Waals surface area contributed by atoms with E-state index in [4.69, 9.17) is 11.6 Å². The van der Waals surface area contributed by atoms with Gasteiger partial charge in [-0.15, -0.1) is 0 Å². The van der Waals surface area contributed by atoms with Crippen molar-refractivity contribution in [2.45, 2.75) is 26.7 Å². The van der Waals surface area contributed by atoms with Crippen LogP contribution in [0.5, 0.6) is 0 Å². The van der Waals surface area contributed by atoms with E-state index in [0.29, 0.717) is 30.5 Å². The van der Waals surface area contributed by atoms with E-state index in [1.165, 1.54) is 0 Å². The molecule has 1 aromatic carbocycles. The van der Waals surface area contributed by atoms with Gasteiger partial charge in [-0.1, -0.05) is 23.7 Å². The predicted octanol–water partition coefficient (Wildman–Crippen LogP) is 3.15. The molecular weight excluding hydrogens is 362 g/mol. The molecule has 144 valence electrons. The van der Waals surface area contributed by atoms with Gasteiger partial charge in [-0.3, -0.25) is 4.79 Å². The molecule has 1 saturated heterocycles. The third kappa shape index (κ3) is 5.32. The van der Waals surface area contributed by atoms with Gasteiger partial charge in [-0.2, -0.15) is 4.98 Å². The fraction of sp³-hybridized carbons (Fsp3) is 0.450. The number of carbonyl (C=O) groups excluding carboxylic acids is 1. The van der Waals surface area contributed by atoms with Gasteiger partial charge in [0.15, 0.2) is 0 Å². The number of hydrogen-bond acceptors (Lipinski definition) is 5. The zero-order chi connectivity index (χ0) is 19.2. The van der Waals surface area contributed by atoms with E-state index in [2.05, 4.69) is 20.2 Å². The molecule has 1 aromatic heterocycles. The SMILES string of the molecule is CCNc1nc(C)cc(N2CCN(C(=O)CCc3cccc(Cl)c3)CC2)n1. The van der Waals surface area contributed by atoms with Crippen LogP contribution >= 0.6 is 11.6 Å². The smallest absolute Gasteiger partial charge is 0.224 e. The highest BCUT2D eigenvalue weighted by Gasteiger charge is 2.22. The van der Waals surface area contributed by atoms with Crippen LogP contribution in [0.2, 0.25) is 5.02 Å². The summed E-state index contributed by atoms with van der Waals surface area (Å²) < 4.78 is 0. The number of aromatic nitrogens is 2. The summed E-state index contributed by atoms with van der Waals surface area (Å²) in [5, 5.41) is 3.88. The minimum Gasteiger partial charge on any atom is -0.354 e. The highest BCUT2D eigenvalue weighted by atomic mass is 35.5. The molecule has 3 rings (SSSR count). The van der Waals surface area contributed by atoms with Gasteiger partial charge < -0.3 is 15.1 Å². The molecule has 27 heavy (non-hydrogen) atoms. The lowest BCUT2D eigenvalue weighted by molar-refractivity contribution is -0.131. The average Bonchev–Trinajstić information content (AvgIpc) is 2.66. The molecule has 0 aliphatic carbocycles. The molecule has 1 N–H and O–H groups in total. The van der Waals surface area contributed by atoms with E-state index >= 15 is 0 Å². The van der Waals surface area contributed by atoms with Gasteiger partial charge >= 0.3 is 0 Å². The van der Waals surface area contributed by atoms with E-state index in [-0.39, 0.29) is 5.91 Å². The van der Waals surface area contributed by atoms with Crippen LogP contribution in [0.4, 0.5) is 11.8 Å². The van der Waals surface area contributed by atoms with Crippen LogP contribution in [0.3, 0.4) is 0 Å². The highest BCUT2D eigenvalue weighted by Crippen LogP contribution is 2.18. The average molecular weight is 388 g/mol. The van der Waals surface area contributed by atoms with Crippen LogP contribution < -0.4 is 10.2 Å². The topological polar surface area (TPSA) is 61.4 Å². The summed E-state index contributed by atoms with van der Waals surface area (Å²) in [7, 11) is 0. The minimum atomic E-state index is 0.196. The second-order valence-corrected chi connectivity index (χ2v) is 7.16. The number of amides is 1. The van der Waals surface area contributed by atoms with Gasteiger partial charge in [0.05, 0.1) is 0 Å². The molecule has 1 fully saturated rings. The Hall–Kier alpha value is -2.34. The summed E-state index contributed by atoms with van der Waals surface area (Å²) in [6.45, 7) is 7.79. The van der Waals surface area contributed by atoms with Crippen molar-refractivity contribution in [3.63, 3.8) is 0 Å². The van der Waals surface area contributed by atoms with Crippen LogP contribution in [0.15, 0.2) is 30.3 Å². The van der Waals surface area contributed by atoms with Gasteiger partial charge in [0.25, 0.3) is 0 Å². The van der Waals surface area contributed by atoms with Gasteiger partial charge in [0.1, 0.15) is 5.82 Å². The van der Waals surface area contributed by atoms with Crippen LogP contribution in [0, 0.1) is 6.92 Å². The Bertz CT molecular complexity index is 790. The van der Waals surface area contributed by atoms with Crippen LogP contribution in [-0.2, 0) is 11.2 Å². The van der Waals surface area contributed by atoms with E-state index in [1.54, 1.807) is 0 Å². The molecule has 2 heterocycles. The first-order valence-corrected chi connectivity index (χ1v) is 9.79. The maximum atomic E-state index is 12.5. The molecule has 0 unspecified atom stereocenters. The fourth-order valence-corrected chi connectivity index (χ4v) is 3.45. The molecule has 1 aliphatic heterocycles. The number of nitrogens with one attached hydrogen (secondary N) is 1. The first-order chi connectivity index (χ1) is 13.0. The summed E-state index contributed by atoms with van der Waals surface area (Å²) in [4.78, 5) is 25.7. The van der Waals surface area contributed by atoms with Crippen molar-refractivity contribution in [2.24, 2.45) is 0 Å². The van der Waals surface area contributed by atoms with E-state index < -0.39 is 0 Å². The first-order valence-electron chi connectivity index (χ1n) is 9.42. The molecule has 2 aromatic rings. The molecule has 0 atom stereocenters. The van der Waals surface area contributed by atoms with Crippen molar-refractivity contribution in [1.82, 2.24) is 14.9 Å². The monoisotopic (exact) mass is 387 g/mol. The summed E-state index contributed by atoms with van der Waals surface area (Å²) in [6, 6.07) is 9.70. The number of benzene rings is 1. The standard InChI is InChI=1S/C20H26ClN5O/c1-3-22-20-23-15(2)13-18(24-20)25-9-11-26(12-10-25)19(27)8-7-16-5-4-6-17(21)14-16/h4-6,13-14H,3,7-12H2,1-2H3,(H,22,23,24). The Morgan fingerprint density at radius 1 is 1.19 bits per heavy atom. The molecule has 0 bridgehead atoms. The summed E-state index contributed by atoms with van der Waals surface area (Å²) >= 11 is 6.01. The predicted molar refractivity (Wildman–Crippen MR) is 109 cm³/mol. The molecule has 1 amide bonds. The zero-order valence-electron chi connectivity index (χ0n) is 15.9. The lowest BCUT2D eigenvalue weighted by atomic mass is 10.1. The Balaban J connectivity index is 1.53. The Morgan fingerprint density at radius 3 is 2.67 bits per heavy atom. The van der Waals surface area contributed by atoms with Crippen LogP contribution in [0.1, 0.15) is 24.6 Å².